The molecule has 0 aliphatic carbocycles. The number of hydrogen-bond acceptors (Lipinski definition) is 3. The van der Waals surface area contributed by atoms with Crippen molar-refractivity contribution in [3.63, 3.8) is 0 Å². The van der Waals surface area contributed by atoms with Crippen molar-refractivity contribution in [2.75, 3.05) is 5.73 Å². The molecular formula is C7H9N3. The zero-order valence-electron chi connectivity index (χ0n) is 5.59. The molecule has 0 amide bonds. The highest BCUT2D eigenvalue weighted by atomic mass is 14.9. The van der Waals surface area contributed by atoms with Gasteiger partial charge in [-0.1, -0.05) is 0 Å². The minimum atomic E-state index is 0.669. The van der Waals surface area contributed by atoms with Gasteiger partial charge < -0.3 is 11.1 Å². The van der Waals surface area contributed by atoms with E-state index in [1.54, 1.807) is 6.20 Å². The molecule has 0 aromatic carbocycles. The van der Waals surface area contributed by atoms with Gasteiger partial charge in [0.1, 0.15) is 5.82 Å². The van der Waals surface area contributed by atoms with E-state index < -0.39 is 0 Å². The van der Waals surface area contributed by atoms with Crippen molar-refractivity contribution in [1.29, 1.82) is 0 Å². The third kappa shape index (κ3) is 0.675. The number of anilines is 1. The lowest BCUT2D eigenvalue weighted by Gasteiger charge is -1.98. The second-order valence-corrected chi connectivity index (χ2v) is 2.44. The number of nitrogens with one attached hydrogen (secondary N) is 1. The second-order valence-electron chi connectivity index (χ2n) is 2.44. The van der Waals surface area contributed by atoms with Gasteiger partial charge in [-0.3, -0.25) is 0 Å². The molecule has 1 aromatic rings. The molecule has 10 heavy (non-hydrogen) atoms. The Balaban J connectivity index is 2.59. The third-order valence-corrected chi connectivity index (χ3v) is 1.80. The van der Waals surface area contributed by atoms with Crippen LogP contribution in [0.5, 0.6) is 0 Å². The second kappa shape index (κ2) is 1.95. The van der Waals surface area contributed by atoms with Gasteiger partial charge in [-0.05, 0) is 11.6 Å². The van der Waals surface area contributed by atoms with Crippen LogP contribution in [0, 0.1) is 0 Å². The molecule has 0 saturated carbocycles. The van der Waals surface area contributed by atoms with Gasteiger partial charge in [-0.15, -0.1) is 0 Å². The van der Waals surface area contributed by atoms with Crippen molar-refractivity contribution >= 4 is 5.82 Å². The van der Waals surface area contributed by atoms with Crippen LogP contribution >= 0.6 is 0 Å². The van der Waals surface area contributed by atoms with Crippen LogP contribution in [0.2, 0.25) is 0 Å². The van der Waals surface area contributed by atoms with Crippen LogP contribution in [0.25, 0.3) is 0 Å². The summed E-state index contributed by atoms with van der Waals surface area (Å²) >= 11 is 0. The van der Waals surface area contributed by atoms with E-state index in [1.165, 1.54) is 11.1 Å². The first kappa shape index (κ1) is 5.68. The summed E-state index contributed by atoms with van der Waals surface area (Å²) in [4.78, 5) is 3.99. The maximum Gasteiger partial charge on any atom is 0.128 e. The topological polar surface area (TPSA) is 50.9 Å². The molecule has 3 heteroatoms. The number of nitrogens with two attached hydrogens (primary N) is 1. The van der Waals surface area contributed by atoms with Gasteiger partial charge in [0.15, 0.2) is 0 Å². The molecule has 2 heterocycles. The van der Waals surface area contributed by atoms with E-state index in [0.29, 0.717) is 5.82 Å². The first-order chi connectivity index (χ1) is 4.88. The molecular weight excluding hydrogens is 126 g/mol. The van der Waals surface area contributed by atoms with E-state index in [2.05, 4.69) is 10.3 Å². The zero-order chi connectivity index (χ0) is 6.97. The first-order valence-electron chi connectivity index (χ1n) is 3.31. The highest BCUT2D eigenvalue weighted by Crippen LogP contribution is 2.18. The Labute approximate surface area is 59.3 Å². The predicted molar refractivity (Wildman–Crippen MR) is 39.2 cm³/mol. The van der Waals surface area contributed by atoms with Gasteiger partial charge in [0, 0.05) is 24.8 Å². The standard InChI is InChI=1S/C7H9N3/c8-7-6-4-9-3-5(6)1-2-10-7/h1-2,9H,3-4H2,(H2,8,10). The first-order valence-corrected chi connectivity index (χ1v) is 3.31. The van der Waals surface area contributed by atoms with E-state index >= 15 is 0 Å². The maximum atomic E-state index is 5.62. The summed E-state index contributed by atoms with van der Waals surface area (Å²) in [6.07, 6.45) is 1.75. The fourth-order valence-electron chi connectivity index (χ4n) is 1.24. The number of nitrogens with zero attached hydrogens (tertiary/aromatic N) is 1. The lowest BCUT2D eigenvalue weighted by Crippen LogP contribution is -2.01. The minimum Gasteiger partial charge on any atom is -0.383 e. The van der Waals surface area contributed by atoms with E-state index in [-0.39, 0.29) is 0 Å². The smallest absolute Gasteiger partial charge is 0.128 e. The number of pyridine rings is 1. The van der Waals surface area contributed by atoms with Crippen molar-refractivity contribution in [3.8, 4) is 0 Å². The van der Waals surface area contributed by atoms with E-state index in [9.17, 15) is 0 Å². The van der Waals surface area contributed by atoms with Crippen LogP contribution in [0.4, 0.5) is 5.82 Å². The summed E-state index contributed by atoms with van der Waals surface area (Å²) in [7, 11) is 0. The summed E-state index contributed by atoms with van der Waals surface area (Å²) in [6.45, 7) is 1.80. The Morgan fingerprint density at radius 1 is 1.50 bits per heavy atom. The van der Waals surface area contributed by atoms with Gasteiger partial charge in [-0.25, -0.2) is 4.98 Å². The maximum absolute atomic E-state index is 5.62. The number of aromatic nitrogens is 1. The molecule has 0 spiro atoms. The number of fused-ring (bicyclic) bond motifs is 1. The molecule has 0 radical (unpaired) electrons. The van der Waals surface area contributed by atoms with Crippen molar-refractivity contribution in [3.05, 3.63) is 23.4 Å². The van der Waals surface area contributed by atoms with Gasteiger partial charge in [0.25, 0.3) is 0 Å². The average molecular weight is 135 g/mol. The summed E-state index contributed by atoms with van der Waals surface area (Å²) in [5, 5.41) is 3.21. The molecule has 0 saturated heterocycles. The predicted octanol–water partition coefficient (Wildman–Crippen LogP) is 0.267. The zero-order valence-corrected chi connectivity index (χ0v) is 5.59. The Bertz CT molecular complexity index is 257. The molecule has 0 atom stereocenters. The fourth-order valence-corrected chi connectivity index (χ4v) is 1.24. The highest BCUT2D eigenvalue weighted by Gasteiger charge is 2.11. The van der Waals surface area contributed by atoms with Gasteiger partial charge >= 0.3 is 0 Å². The summed E-state index contributed by atoms with van der Waals surface area (Å²) < 4.78 is 0. The lowest BCUT2D eigenvalue weighted by atomic mass is 10.2. The van der Waals surface area contributed by atoms with Crippen molar-refractivity contribution in [2.24, 2.45) is 0 Å². The largest absolute Gasteiger partial charge is 0.383 e. The molecule has 1 aliphatic heterocycles. The van der Waals surface area contributed by atoms with Crippen LogP contribution in [-0.2, 0) is 13.1 Å². The van der Waals surface area contributed by atoms with Crippen molar-refractivity contribution < 1.29 is 0 Å². The van der Waals surface area contributed by atoms with Crippen LogP contribution in [0.15, 0.2) is 12.3 Å². The highest BCUT2D eigenvalue weighted by molar-refractivity contribution is 5.45. The van der Waals surface area contributed by atoms with E-state index in [4.69, 9.17) is 5.73 Å². The van der Waals surface area contributed by atoms with Crippen LogP contribution in [0.3, 0.4) is 0 Å². The summed E-state index contributed by atoms with van der Waals surface area (Å²) in [6, 6.07) is 2.01. The summed E-state index contributed by atoms with van der Waals surface area (Å²) in [5.41, 5.74) is 8.07. The number of rotatable bonds is 0. The van der Waals surface area contributed by atoms with Gasteiger partial charge in [0.2, 0.25) is 0 Å². The Kier molecular flexibility index (Phi) is 1.11. The number of hydrogen-bond donors (Lipinski definition) is 2. The minimum absolute atomic E-state index is 0.669. The quantitative estimate of drug-likeness (QED) is 0.536. The molecule has 0 fully saturated rings. The van der Waals surface area contributed by atoms with Crippen LogP contribution in [0.1, 0.15) is 11.1 Å². The van der Waals surface area contributed by atoms with Crippen molar-refractivity contribution in [1.82, 2.24) is 10.3 Å². The van der Waals surface area contributed by atoms with E-state index in [0.717, 1.165) is 13.1 Å². The average Bonchev–Trinajstić information content (AvgIpc) is 2.36. The molecule has 2 rings (SSSR count). The van der Waals surface area contributed by atoms with Crippen LogP contribution in [-0.4, -0.2) is 4.98 Å². The Hall–Kier alpha value is -1.09. The van der Waals surface area contributed by atoms with Gasteiger partial charge in [0.05, 0.1) is 0 Å². The van der Waals surface area contributed by atoms with Crippen molar-refractivity contribution in [2.45, 2.75) is 13.1 Å². The molecule has 0 bridgehead atoms. The normalized spacial score (nSPS) is 15.2. The molecule has 0 unspecified atom stereocenters. The SMILES string of the molecule is Nc1nccc2c1CNC2. The Morgan fingerprint density at radius 2 is 2.40 bits per heavy atom. The molecule has 3 nitrogen and oxygen atoms in total. The number of nitrogen functional groups attached to an aromatic ring is 1. The van der Waals surface area contributed by atoms with Crippen LogP contribution < -0.4 is 11.1 Å². The molecule has 1 aliphatic rings. The monoisotopic (exact) mass is 135 g/mol. The fraction of sp³-hybridized carbons (Fsp3) is 0.286. The summed E-state index contributed by atoms with van der Waals surface area (Å²) in [5.74, 6) is 0.669. The molecule has 1 aromatic heterocycles. The molecule has 3 N–H and O–H groups in total. The Morgan fingerprint density at radius 3 is 3.20 bits per heavy atom. The van der Waals surface area contributed by atoms with E-state index in [1.807, 2.05) is 6.07 Å². The van der Waals surface area contributed by atoms with Gasteiger partial charge in [-0.2, -0.15) is 0 Å². The third-order valence-electron chi connectivity index (χ3n) is 1.80. The molecule has 52 valence electrons. The lowest BCUT2D eigenvalue weighted by molar-refractivity contribution is 0.765.